The van der Waals surface area contributed by atoms with Gasteiger partial charge in [0.2, 0.25) is 0 Å². The zero-order valence-corrected chi connectivity index (χ0v) is 25.7. The van der Waals surface area contributed by atoms with Gasteiger partial charge in [-0.05, 0) is 24.0 Å². The summed E-state index contributed by atoms with van der Waals surface area (Å²) in [5.41, 5.74) is -0.194. The molecule has 0 radical (unpaired) electrons. The summed E-state index contributed by atoms with van der Waals surface area (Å²) in [4.78, 5) is 19.0. The maximum Gasteiger partial charge on any atom is 2.00 e. The molecule has 6 rings (SSSR count). The number of hydrogen-bond acceptors (Lipinski definition) is 6. The van der Waals surface area contributed by atoms with Gasteiger partial charge in [-0.3, -0.25) is 20.2 Å². The Hall–Kier alpha value is -3.32. The van der Waals surface area contributed by atoms with E-state index >= 15 is 0 Å². The van der Waals surface area contributed by atoms with Gasteiger partial charge in [-0.25, -0.2) is 0 Å². The molecular formula is C32H36N2O6Zr. The van der Waals surface area contributed by atoms with Crippen molar-refractivity contribution in [1.29, 1.82) is 0 Å². The molecule has 41 heavy (non-hydrogen) atoms. The molecule has 4 aliphatic carbocycles. The van der Waals surface area contributed by atoms with Crippen LogP contribution in [-0.2, 0) is 26.2 Å². The summed E-state index contributed by atoms with van der Waals surface area (Å²) < 4.78 is 0. The number of hydrogen-bond donors (Lipinski definition) is 2. The second-order valence-electron chi connectivity index (χ2n) is 10.4. The van der Waals surface area contributed by atoms with Gasteiger partial charge in [-0.15, -0.1) is 24.0 Å². The van der Waals surface area contributed by atoms with Crippen LogP contribution in [0.15, 0.2) is 97.1 Å². The van der Waals surface area contributed by atoms with E-state index in [1.807, 2.05) is 0 Å². The first-order valence-electron chi connectivity index (χ1n) is 13.4. The standard InChI is InChI=1S/2C10H13.2C6H5NO3.Zr/c2*1-8-6-9-4-2-3-5-10(9)7-8;2*8-6-3-1-2-5(4-6)7(9)10;/h2*2-6,8-10H,7H2,1H3;2*1-4,8H;/q2*-1;;;+2. The van der Waals surface area contributed by atoms with Crippen molar-refractivity contribution in [3.05, 3.63) is 130 Å². The van der Waals surface area contributed by atoms with E-state index in [0.29, 0.717) is 0 Å². The fraction of sp³-hybridized carbons (Fsp3) is 0.312. The SMILES string of the molecule is CC1[CH-]C2C=CC=CC2C1.CC1[CH-]C2C=CC=CC2C1.O=[N+]([O-])c1cccc(O)c1.O=[N+]([O-])c1cccc(O)c1.[Zr+2]. The normalized spacial score (nSPS) is 25.9. The summed E-state index contributed by atoms with van der Waals surface area (Å²) in [6.45, 7) is 4.61. The molecular weight excluding hydrogens is 600 g/mol. The zero-order valence-electron chi connectivity index (χ0n) is 23.2. The number of non-ortho nitro benzene ring substituents is 2. The van der Waals surface area contributed by atoms with Crippen molar-refractivity contribution >= 4 is 11.4 Å². The molecule has 0 aromatic heterocycles. The van der Waals surface area contributed by atoms with Crippen LogP contribution in [0, 0.1) is 68.6 Å². The first-order chi connectivity index (χ1) is 19.1. The van der Waals surface area contributed by atoms with Gasteiger partial charge < -0.3 is 23.1 Å². The number of nitro groups is 2. The van der Waals surface area contributed by atoms with Crippen LogP contribution in [0.1, 0.15) is 26.7 Å². The molecule has 2 aromatic carbocycles. The van der Waals surface area contributed by atoms with Crippen LogP contribution in [0.3, 0.4) is 0 Å². The number of fused-ring (bicyclic) bond motifs is 2. The number of allylic oxidation sites excluding steroid dienone is 8. The molecule has 2 fully saturated rings. The largest absolute Gasteiger partial charge is 2.00 e. The predicted molar refractivity (Wildman–Crippen MR) is 156 cm³/mol. The van der Waals surface area contributed by atoms with Gasteiger partial charge in [0.05, 0.1) is 22.0 Å². The molecule has 0 amide bonds. The maximum atomic E-state index is 10.0. The van der Waals surface area contributed by atoms with Crippen LogP contribution < -0.4 is 0 Å². The molecule has 0 aliphatic heterocycles. The third-order valence-corrected chi connectivity index (χ3v) is 7.06. The number of nitrogens with zero attached hydrogens (tertiary/aromatic N) is 2. The van der Waals surface area contributed by atoms with E-state index in [9.17, 15) is 20.2 Å². The number of rotatable bonds is 2. The van der Waals surface area contributed by atoms with Gasteiger partial charge in [0.25, 0.3) is 11.4 Å². The quantitative estimate of drug-likeness (QED) is 0.197. The third-order valence-electron chi connectivity index (χ3n) is 7.06. The van der Waals surface area contributed by atoms with Crippen molar-refractivity contribution in [2.24, 2.45) is 35.5 Å². The van der Waals surface area contributed by atoms with E-state index in [0.717, 1.165) is 47.6 Å². The topological polar surface area (TPSA) is 127 Å². The first-order valence-corrected chi connectivity index (χ1v) is 13.4. The Morgan fingerprint density at radius 1 is 0.683 bits per heavy atom. The molecule has 4 aliphatic rings. The number of nitro benzene ring substituents is 2. The molecule has 2 saturated carbocycles. The van der Waals surface area contributed by atoms with Gasteiger partial charge in [-0.1, -0.05) is 75.3 Å². The van der Waals surface area contributed by atoms with E-state index in [-0.39, 0.29) is 49.1 Å². The van der Waals surface area contributed by atoms with E-state index in [1.54, 1.807) is 0 Å². The number of phenolic OH excluding ortho intramolecular Hbond substituents is 2. The monoisotopic (exact) mass is 634 g/mol. The van der Waals surface area contributed by atoms with Crippen molar-refractivity contribution in [3.63, 3.8) is 0 Å². The van der Waals surface area contributed by atoms with E-state index in [1.165, 1.54) is 49.2 Å². The van der Waals surface area contributed by atoms with Crippen molar-refractivity contribution in [1.82, 2.24) is 0 Å². The molecule has 6 unspecified atom stereocenters. The average molecular weight is 636 g/mol. The predicted octanol–water partition coefficient (Wildman–Crippen LogP) is 7.78. The van der Waals surface area contributed by atoms with Gasteiger partial charge in [0.1, 0.15) is 11.5 Å². The maximum absolute atomic E-state index is 10.0. The third kappa shape index (κ3) is 11.2. The van der Waals surface area contributed by atoms with Gasteiger partial charge in [0, 0.05) is 12.1 Å². The minimum Gasteiger partial charge on any atom is -0.508 e. The molecule has 8 nitrogen and oxygen atoms in total. The number of benzene rings is 2. The van der Waals surface area contributed by atoms with Crippen molar-refractivity contribution in [3.8, 4) is 11.5 Å². The van der Waals surface area contributed by atoms with Crippen molar-refractivity contribution in [2.45, 2.75) is 26.7 Å². The van der Waals surface area contributed by atoms with Crippen LogP contribution in [-0.4, -0.2) is 20.1 Å². The Kier molecular flexibility index (Phi) is 13.9. The van der Waals surface area contributed by atoms with Gasteiger partial charge in [-0.2, -0.15) is 11.8 Å². The summed E-state index contributed by atoms with van der Waals surface area (Å²) in [7, 11) is 0. The minimum absolute atomic E-state index is 0. The fourth-order valence-corrected chi connectivity index (χ4v) is 5.21. The summed E-state index contributed by atoms with van der Waals surface area (Å²) in [6, 6.07) is 10.4. The minimum atomic E-state index is -0.556. The summed E-state index contributed by atoms with van der Waals surface area (Å²) in [6.07, 6.45) is 25.6. The Morgan fingerprint density at radius 3 is 1.34 bits per heavy atom. The molecule has 6 atom stereocenters. The van der Waals surface area contributed by atoms with Gasteiger partial charge in [0.15, 0.2) is 0 Å². The van der Waals surface area contributed by atoms with E-state index < -0.39 is 9.85 Å². The Labute approximate surface area is 260 Å². The van der Waals surface area contributed by atoms with Crippen LogP contribution in [0.5, 0.6) is 11.5 Å². The molecule has 214 valence electrons. The fourth-order valence-electron chi connectivity index (χ4n) is 5.21. The molecule has 2 aromatic rings. The van der Waals surface area contributed by atoms with E-state index in [4.69, 9.17) is 10.2 Å². The van der Waals surface area contributed by atoms with Gasteiger partial charge >= 0.3 is 26.2 Å². The molecule has 2 N–H and O–H groups in total. The molecule has 0 heterocycles. The molecule has 0 saturated heterocycles. The Morgan fingerprint density at radius 2 is 1.05 bits per heavy atom. The van der Waals surface area contributed by atoms with Crippen LogP contribution in [0.25, 0.3) is 0 Å². The summed E-state index contributed by atoms with van der Waals surface area (Å²) in [5, 5.41) is 37.6. The molecule has 9 heteroatoms. The second kappa shape index (κ2) is 16.8. The zero-order chi connectivity index (χ0) is 29.1. The summed E-state index contributed by atoms with van der Waals surface area (Å²) >= 11 is 0. The molecule has 0 spiro atoms. The van der Waals surface area contributed by atoms with Crippen LogP contribution in [0.4, 0.5) is 11.4 Å². The van der Waals surface area contributed by atoms with Crippen LogP contribution in [0.2, 0.25) is 0 Å². The smallest absolute Gasteiger partial charge is 0.508 e. The first kappa shape index (κ1) is 33.9. The van der Waals surface area contributed by atoms with Crippen molar-refractivity contribution in [2.75, 3.05) is 0 Å². The number of aromatic hydroxyl groups is 2. The summed E-state index contributed by atoms with van der Waals surface area (Å²) in [5.74, 6) is 4.60. The molecule has 0 bridgehead atoms. The number of phenols is 2. The average Bonchev–Trinajstić information content (AvgIpc) is 3.50. The Bertz CT molecular complexity index is 1140. The van der Waals surface area contributed by atoms with Crippen LogP contribution >= 0.6 is 0 Å². The van der Waals surface area contributed by atoms with Crippen molar-refractivity contribution < 1.29 is 46.3 Å². The second-order valence-corrected chi connectivity index (χ2v) is 10.4. The Balaban J connectivity index is 0.000000190. The van der Waals surface area contributed by atoms with E-state index in [2.05, 4.69) is 75.3 Å².